The third-order valence-corrected chi connectivity index (χ3v) is 4.12. The molecule has 5 nitrogen and oxygen atoms in total. The molecule has 0 spiro atoms. The maximum Gasteiger partial charge on any atom is 0.223 e. The van der Waals surface area contributed by atoms with Crippen molar-refractivity contribution in [2.45, 2.75) is 25.3 Å². The number of hydrogen-bond acceptors (Lipinski definition) is 4. The Balaban J connectivity index is 1.82. The molecule has 5 heteroatoms. The maximum absolute atomic E-state index is 12.3. The van der Waals surface area contributed by atoms with Gasteiger partial charge in [-0.3, -0.25) is 4.79 Å². The molecule has 104 valence electrons. The number of amides is 1. The first-order chi connectivity index (χ1) is 8.70. The summed E-state index contributed by atoms with van der Waals surface area (Å²) in [6.07, 6.45) is 2.96. The van der Waals surface area contributed by atoms with E-state index in [0.29, 0.717) is 38.6 Å². The minimum Gasteiger partial charge on any atom is -0.377 e. The van der Waals surface area contributed by atoms with E-state index in [1.54, 1.807) is 0 Å². The van der Waals surface area contributed by atoms with Gasteiger partial charge in [-0.05, 0) is 38.9 Å². The summed E-state index contributed by atoms with van der Waals surface area (Å²) in [6, 6.07) is 0.0810. The zero-order valence-electron chi connectivity index (χ0n) is 11.3. The molecular weight excluding hydrogens is 230 g/mol. The molecule has 0 aliphatic carbocycles. The van der Waals surface area contributed by atoms with Crippen molar-refractivity contribution in [2.75, 3.05) is 46.4 Å². The van der Waals surface area contributed by atoms with Gasteiger partial charge in [-0.15, -0.1) is 0 Å². The van der Waals surface area contributed by atoms with Gasteiger partial charge in [0.2, 0.25) is 5.91 Å². The first-order valence-corrected chi connectivity index (χ1v) is 6.96. The normalized spacial score (nSPS) is 27.4. The molecule has 2 aliphatic rings. The number of piperidine rings is 1. The lowest BCUT2D eigenvalue weighted by atomic mass is 9.93. The lowest BCUT2D eigenvalue weighted by Crippen LogP contribution is -2.52. The summed E-state index contributed by atoms with van der Waals surface area (Å²) in [6.45, 7) is 4.67. The van der Waals surface area contributed by atoms with E-state index in [4.69, 9.17) is 10.5 Å². The number of carbonyl (C=O) groups excluding carboxylic acids is 1. The van der Waals surface area contributed by atoms with Crippen LogP contribution in [-0.2, 0) is 9.53 Å². The molecule has 1 amide bonds. The van der Waals surface area contributed by atoms with Gasteiger partial charge in [-0.25, -0.2) is 0 Å². The van der Waals surface area contributed by atoms with Crippen LogP contribution in [0.3, 0.4) is 0 Å². The zero-order chi connectivity index (χ0) is 13.0. The number of likely N-dealkylation sites (tertiary alicyclic amines) is 1. The van der Waals surface area contributed by atoms with Crippen molar-refractivity contribution in [3.8, 4) is 0 Å². The van der Waals surface area contributed by atoms with Crippen molar-refractivity contribution in [3.63, 3.8) is 0 Å². The first kappa shape index (κ1) is 13.8. The highest BCUT2D eigenvalue weighted by Gasteiger charge is 2.28. The number of nitrogens with zero attached hydrogens (tertiary/aromatic N) is 2. The van der Waals surface area contributed by atoms with Crippen LogP contribution < -0.4 is 5.73 Å². The van der Waals surface area contributed by atoms with E-state index in [9.17, 15) is 4.79 Å². The molecule has 0 aromatic heterocycles. The van der Waals surface area contributed by atoms with Crippen LogP contribution in [0.1, 0.15) is 19.3 Å². The molecule has 2 heterocycles. The molecule has 0 bridgehead atoms. The van der Waals surface area contributed by atoms with E-state index in [0.717, 1.165) is 25.9 Å². The van der Waals surface area contributed by atoms with Crippen molar-refractivity contribution in [1.29, 1.82) is 0 Å². The third-order valence-electron chi connectivity index (χ3n) is 4.12. The number of nitrogens with two attached hydrogens (primary N) is 1. The van der Waals surface area contributed by atoms with Crippen molar-refractivity contribution < 1.29 is 9.53 Å². The van der Waals surface area contributed by atoms with Gasteiger partial charge < -0.3 is 20.3 Å². The molecule has 1 unspecified atom stereocenters. The molecular formula is C13H25N3O2. The number of rotatable bonds is 3. The predicted molar refractivity (Wildman–Crippen MR) is 70.2 cm³/mol. The lowest BCUT2D eigenvalue weighted by molar-refractivity contribution is -0.140. The highest BCUT2D eigenvalue weighted by atomic mass is 16.5. The Kier molecular flexibility index (Phi) is 4.97. The smallest absolute Gasteiger partial charge is 0.223 e. The molecule has 2 saturated heterocycles. The molecule has 2 fully saturated rings. The quantitative estimate of drug-likeness (QED) is 0.765. The summed E-state index contributed by atoms with van der Waals surface area (Å²) in [4.78, 5) is 16.6. The monoisotopic (exact) mass is 255 g/mol. The van der Waals surface area contributed by atoms with E-state index in [2.05, 4.69) is 11.9 Å². The molecule has 18 heavy (non-hydrogen) atoms. The van der Waals surface area contributed by atoms with Gasteiger partial charge >= 0.3 is 0 Å². The largest absolute Gasteiger partial charge is 0.377 e. The summed E-state index contributed by atoms with van der Waals surface area (Å²) < 4.78 is 5.38. The second kappa shape index (κ2) is 6.50. The maximum atomic E-state index is 12.3. The van der Waals surface area contributed by atoms with E-state index >= 15 is 0 Å². The molecule has 0 radical (unpaired) electrons. The Morgan fingerprint density at radius 1 is 1.33 bits per heavy atom. The fourth-order valence-corrected chi connectivity index (χ4v) is 2.81. The Bertz CT molecular complexity index is 277. The van der Waals surface area contributed by atoms with Gasteiger partial charge in [0.1, 0.15) is 0 Å². The number of morpholine rings is 1. The van der Waals surface area contributed by atoms with Gasteiger partial charge in [0.25, 0.3) is 0 Å². The van der Waals surface area contributed by atoms with Gasteiger partial charge in [0.05, 0.1) is 19.3 Å². The molecule has 0 saturated carbocycles. The fraction of sp³-hybridized carbons (Fsp3) is 0.923. The minimum atomic E-state index is 0.0810. The van der Waals surface area contributed by atoms with E-state index < -0.39 is 0 Å². The average molecular weight is 255 g/mol. The van der Waals surface area contributed by atoms with Crippen LogP contribution in [0.5, 0.6) is 0 Å². The van der Waals surface area contributed by atoms with Gasteiger partial charge in [-0.1, -0.05) is 0 Å². The second-order valence-electron chi connectivity index (χ2n) is 5.50. The third kappa shape index (κ3) is 3.43. The zero-order valence-corrected chi connectivity index (χ0v) is 11.3. The lowest BCUT2D eigenvalue weighted by Gasteiger charge is -2.36. The van der Waals surface area contributed by atoms with Crippen LogP contribution in [0.2, 0.25) is 0 Å². The van der Waals surface area contributed by atoms with Crippen LogP contribution in [0, 0.1) is 5.92 Å². The summed E-state index contributed by atoms with van der Waals surface area (Å²) in [5.41, 5.74) is 5.70. The van der Waals surface area contributed by atoms with Crippen molar-refractivity contribution >= 4 is 5.91 Å². The van der Waals surface area contributed by atoms with Crippen molar-refractivity contribution in [1.82, 2.24) is 9.80 Å². The van der Waals surface area contributed by atoms with E-state index in [-0.39, 0.29) is 11.9 Å². The van der Waals surface area contributed by atoms with E-state index in [1.165, 1.54) is 0 Å². The molecule has 2 aliphatic heterocycles. The van der Waals surface area contributed by atoms with Crippen molar-refractivity contribution in [2.24, 2.45) is 11.7 Å². The SMILES string of the molecule is CN1CCC(CC(=O)N2CCOCC2CN)CC1. The first-order valence-electron chi connectivity index (χ1n) is 6.96. The van der Waals surface area contributed by atoms with Gasteiger partial charge in [0, 0.05) is 19.5 Å². The van der Waals surface area contributed by atoms with Crippen LogP contribution in [0.25, 0.3) is 0 Å². The Morgan fingerprint density at radius 2 is 2.06 bits per heavy atom. The second-order valence-corrected chi connectivity index (χ2v) is 5.50. The Hall–Kier alpha value is -0.650. The van der Waals surface area contributed by atoms with Crippen LogP contribution in [0.15, 0.2) is 0 Å². The number of hydrogen-bond donors (Lipinski definition) is 1. The van der Waals surface area contributed by atoms with Crippen LogP contribution in [-0.4, -0.2) is 68.2 Å². The van der Waals surface area contributed by atoms with E-state index in [1.807, 2.05) is 4.90 Å². The van der Waals surface area contributed by atoms with Gasteiger partial charge in [-0.2, -0.15) is 0 Å². The molecule has 2 N–H and O–H groups in total. The van der Waals surface area contributed by atoms with Crippen LogP contribution >= 0.6 is 0 Å². The molecule has 0 aromatic carbocycles. The Morgan fingerprint density at radius 3 is 2.72 bits per heavy atom. The Labute approximate surface area is 109 Å². The summed E-state index contributed by atoms with van der Waals surface area (Å²) >= 11 is 0. The number of carbonyl (C=O) groups is 1. The molecule has 2 rings (SSSR count). The van der Waals surface area contributed by atoms with Gasteiger partial charge in [0.15, 0.2) is 0 Å². The highest BCUT2D eigenvalue weighted by molar-refractivity contribution is 5.77. The topological polar surface area (TPSA) is 58.8 Å². The van der Waals surface area contributed by atoms with Crippen LogP contribution in [0.4, 0.5) is 0 Å². The summed E-state index contributed by atoms with van der Waals surface area (Å²) in [5.74, 6) is 0.818. The fourth-order valence-electron chi connectivity index (χ4n) is 2.81. The average Bonchev–Trinajstić information content (AvgIpc) is 2.41. The number of ether oxygens (including phenoxy) is 1. The highest BCUT2D eigenvalue weighted by Crippen LogP contribution is 2.21. The molecule has 1 atom stereocenters. The summed E-state index contributed by atoms with van der Waals surface area (Å²) in [5, 5.41) is 0. The summed E-state index contributed by atoms with van der Waals surface area (Å²) in [7, 11) is 2.14. The minimum absolute atomic E-state index is 0.0810. The molecule has 0 aromatic rings. The standard InChI is InChI=1S/C13H25N3O2/c1-15-4-2-11(3-5-15)8-13(17)16-6-7-18-10-12(16)9-14/h11-12H,2-10,14H2,1H3. The predicted octanol–water partition coefficient (Wildman–Crippen LogP) is -0.0956. The van der Waals surface area contributed by atoms with Crippen molar-refractivity contribution in [3.05, 3.63) is 0 Å².